The fourth-order valence-electron chi connectivity index (χ4n) is 1.19. The highest BCUT2D eigenvalue weighted by atomic mass is 16.5. The van der Waals surface area contributed by atoms with E-state index in [1.54, 1.807) is 25.1 Å². The molecule has 4 nitrogen and oxygen atoms in total. The van der Waals surface area contributed by atoms with Crippen LogP contribution in [0.5, 0.6) is 11.5 Å². The van der Waals surface area contributed by atoms with Gasteiger partial charge in [0.1, 0.15) is 0 Å². The molecular formula is C11H15NO3. The van der Waals surface area contributed by atoms with Gasteiger partial charge in [-0.05, 0) is 6.07 Å². The van der Waals surface area contributed by atoms with E-state index in [0.717, 1.165) is 0 Å². The monoisotopic (exact) mass is 209 g/mol. The number of carbonyl (C=O) groups excluding carboxylic acids is 1. The number of amides is 1. The van der Waals surface area contributed by atoms with Crippen LogP contribution in [0, 0.1) is 0 Å². The summed E-state index contributed by atoms with van der Waals surface area (Å²) in [5.41, 5.74) is 0.649. The largest absolute Gasteiger partial charge is 0.504 e. The molecule has 0 heterocycles. The Hall–Kier alpha value is -1.71. The van der Waals surface area contributed by atoms with Gasteiger partial charge in [0.15, 0.2) is 11.5 Å². The smallest absolute Gasteiger partial charge is 0.219 e. The summed E-state index contributed by atoms with van der Waals surface area (Å²) in [6.45, 7) is 2.09. The van der Waals surface area contributed by atoms with Crippen LogP contribution in [0.3, 0.4) is 0 Å². The first-order valence-electron chi connectivity index (χ1n) is 4.80. The number of rotatable bonds is 4. The van der Waals surface area contributed by atoms with E-state index < -0.39 is 0 Å². The lowest BCUT2D eigenvalue weighted by atomic mass is 10.2. The predicted molar refractivity (Wildman–Crippen MR) is 56.8 cm³/mol. The molecule has 0 saturated heterocycles. The van der Waals surface area contributed by atoms with Crippen LogP contribution in [0.4, 0.5) is 0 Å². The van der Waals surface area contributed by atoms with Gasteiger partial charge in [-0.3, -0.25) is 4.79 Å². The Balaban J connectivity index is 2.73. The molecule has 4 heteroatoms. The summed E-state index contributed by atoms with van der Waals surface area (Å²) in [5.74, 6) is 0.451. The van der Waals surface area contributed by atoms with Crippen LogP contribution in [-0.4, -0.2) is 18.1 Å². The van der Waals surface area contributed by atoms with Crippen LogP contribution in [0.25, 0.3) is 0 Å². The molecule has 0 aliphatic rings. The third-order valence-corrected chi connectivity index (χ3v) is 2.10. The summed E-state index contributed by atoms with van der Waals surface area (Å²) < 4.78 is 4.96. The number of carbonyl (C=O) groups is 1. The summed E-state index contributed by atoms with van der Waals surface area (Å²) in [4.78, 5) is 11.0. The Morgan fingerprint density at radius 3 is 2.87 bits per heavy atom. The van der Waals surface area contributed by atoms with Gasteiger partial charge in [0, 0.05) is 18.5 Å². The van der Waals surface area contributed by atoms with E-state index in [1.165, 1.54) is 7.11 Å². The number of aromatic hydroxyl groups is 1. The fraction of sp³-hybridized carbons (Fsp3) is 0.364. The highest BCUT2D eigenvalue weighted by molar-refractivity contribution is 5.75. The lowest BCUT2D eigenvalue weighted by Gasteiger charge is -2.09. The SMILES string of the molecule is CCC(=O)NCc1cccc(OC)c1O. The van der Waals surface area contributed by atoms with Gasteiger partial charge in [-0.1, -0.05) is 19.1 Å². The van der Waals surface area contributed by atoms with E-state index in [0.29, 0.717) is 24.3 Å². The van der Waals surface area contributed by atoms with Crippen LogP contribution < -0.4 is 10.1 Å². The van der Waals surface area contributed by atoms with Gasteiger partial charge >= 0.3 is 0 Å². The number of phenolic OH excluding ortho intramolecular Hbond substituents is 1. The van der Waals surface area contributed by atoms with Gasteiger partial charge in [0.25, 0.3) is 0 Å². The third kappa shape index (κ3) is 2.87. The molecule has 1 amide bonds. The van der Waals surface area contributed by atoms with Crippen molar-refractivity contribution in [3.63, 3.8) is 0 Å². The van der Waals surface area contributed by atoms with Crippen molar-refractivity contribution in [1.82, 2.24) is 5.32 Å². The van der Waals surface area contributed by atoms with Crippen LogP contribution in [0.2, 0.25) is 0 Å². The number of para-hydroxylation sites is 1. The summed E-state index contributed by atoms with van der Waals surface area (Å²) in [5, 5.41) is 12.4. The van der Waals surface area contributed by atoms with Crippen molar-refractivity contribution in [3.05, 3.63) is 23.8 Å². The molecule has 2 N–H and O–H groups in total. The second-order valence-corrected chi connectivity index (χ2v) is 3.10. The molecule has 1 aromatic carbocycles. The number of methoxy groups -OCH3 is 1. The molecule has 1 rings (SSSR count). The summed E-state index contributed by atoms with van der Waals surface area (Å²) in [7, 11) is 1.49. The Kier molecular flexibility index (Phi) is 3.97. The van der Waals surface area contributed by atoms with Gasteiger partial charge in [-0.15, -0.1) is 0 Å². The molecule has 0 saturated carbocycles. The molecule has 0 spiro atoms. The first-order chi connectivity index (χ1) is 7.19. The molecular weight excluding hydrogens is 194 g/mol. The van der Waals surface area contributed by atoms with Crippen molar-refractivity contribution in [2.75, 3.05) is 7.11 Å². The van der Waals surface area contributed by atoms with E-state index in [-0.39, 0.29) is 11.7 Å². The van der Waals surface area contributed by atoms with Crippen molar-refractivity contribution in [2.45, 2.75) is 19.9 Å². The molecule has 0 radical (unpaired) electrons. The number of phenols is 1. The summed E-state index contributed by atoms with van der Waals surface area (Å²) in [6.07, 6.45) is 0.435. The Bertz CT molecular complexity index is 350. The maximum Gasteiger partial charge on any atom is 0.219 e. The standard InChI is InChI=1S/C11H15NO3/c1-3-10(13)12-7-8-5-4-6-9(15-2)11(8)14/h4-6,14H,3,7H2,1-2H3,(H,12,13). The van der Waals surface area contributed by atoms with Crippen molar-refractivity contribution < 1.29 is 14.6 Å². The first kappa shape index (κ1) is 11.4. The maximum absolute atomic E-state index is 11.0. The van der Waals surface area contributed by atoms with E-state index in [4.69, 9.17) is 4.74 Å². The lowest BCUT2D eigenvalue weighted by Crippen LogP contribution is -2.21. The minimum atomic E-state index is -0.0442. The van der Waals surface area contributed by atoms with Gasteiger partial charge < -0.3 is 15.2 Å². The second kappa shape index (κ2) is 5.24. The average Bonchev–Trinajstić information content (AvgIpc) is 2.27. The highest BCUT2D eigenvalue weighted by Gasteiger charge is 2.07. The van der Waals surface area contributed by atoms with Gasteiger partial charge in [0.2, 0.25) is 5.91 Å². The van der Waals surface area contributed by atoms with Gasteiger partial charge in [-0.25, -0.2) is 0 Å². The van der Waals surface area contributed by atoms with Crippen LogP contribution in [-0.2, 0) is 11.3 Å². The minimum Gasteiger partial charge on any atom is -0.504 e. The number of hydrogen-bond donors (Lipinski definition) is 2. The number of ether oxygens (including phenoxy) is 1. The third-order valence-electron chi connectivity index (χ3n) is 2.10. The first-order valence-corrected chi connectivity index (χ1v) is 4.80. The van der Waals surface area contributed by atoms with Crippen LogP contribution >= 0.6 is 0 Å². The number of benzene rings is 1. The van der Waals surface area contributed by atoms with E-state index >= 15 is 0 Å². The highest BCUT2D eigenvalue weighted by Crippen LogP contribution is 2.28. The van der Waals surface area contributed by atoms with Crippen molar-refractivity contribution in [2.24, 2.45) is 0 Å². The molecule has 0 bridgehead atoms. The predicted octanol–water partition coefficient (Wildman–Crippen LogP) is 1.43. The normalized spacial score (nSPS) is 9.73. The molecule has 0 fully saturated rings. The lowest BCUT2D eigenvalue weighted by molar-refractivity contribution is -0.120. The van der Waals surface area contributed by atoms with Crippen LogP contribution in [0.1, 0.15) is 18.9 Å². The van der Waals surface area contributed by atoms with E-state index in [9.17, 15) is 9.90 Å². The topological polar surface area (TPSA) is 58.6 Å². The number of hydrogen-bond acceptors (Lipinski definition) is 3. The molecule has 15 heavy (non-hydrogen) atoms. The van der Waals surface area contributed by atoms with Crippen molar-refractivity contribution in [3.8, 4) is 11.5 Å². The zero-order chi connectivity index (χ0) is 11.3. The Morgan fingerprint density at radius 2 is 2.27 bits per heavy atom. The molecule has 0 atom stereocenters. The van der Waals surface area contributed by atoms with Gasteiger partial charge in [-0.2, -0.15) is 0 Å². The molecule has 0 aliphatic heterocycles. The van der Waals surface area contributed by atoms with Crippen molar-refractivity contribution >= 4 is 5.91 Å². The molecule has 1 aromatic rings. The summed E-state index contributed by atoms with van der Waals surface area (Å²) >= 11 is 0. The molecule has 0 aromatic heterocycles. The van der Waals surface area contributed by atoms with Crippen molar-refractivity contribution in [1.29, 1.82) is 0 Å². The molecule has 82 valence electrons. The Morgan fingerprint density at radius 1 is 1.53 bits per heavy atom. The number of nitrogens with one attached hydrogen (secondary N) is 1. The average molecular weight is 209 g/mol. The maximum atomic E-state index is 11.0. The van der Waals surface area contributed by atoms with E-state index in [1.807, 2.05) is 0 Å². The molecule has 0 unspecified atom stereocenters. The molecule has 0 aliphatic carbocycles. The zero-order valence-corrected chi connectivity index (χ0v) is 8.91. The Labute approximate surface area is 88.9 Å². The quantitative estimate of drug-likeness (QED) is 0.788. The zero-order valence-electron chi connectivity index (χ0n) is 8.91. The fourth-order valence-corrected chi connectivity index (χ4v) is 1.19. The van der Waals surface area contributed by atoms with Crippen LogP contribution in [0.15, 0.2) is 18.2 Å². The summed E-state index contributed by atoms with van der Waals surface area (Å²) in [6, 6.07) is 5.18. The minimum absolute atomic E-state index is 0.0442. The van der Waals surface area contributed by atoms with E-state index in [2.05, 4.69) is 5.32 Å². The second-order valence-electron chi connectivity index (χ2n) is 3.10. The van der Waals surface area contributed by atoms with Gasteiger partial charge in [0.05, 0.1) is 7.11 Å².